The summed E-state index contributed by atoms with van der Waals surface area (Å²) in [4.78, 5) is 22.8. The molecule has 6 heteroatoms. The maximum Gasteiger partial charge on any atom is 0.262 e. The van der Waals surface area contributed by atoms with Crippen molar-refractivity contribution in [1.82, 2.24) is 14.5 Å². The lowest BCUT2D eigenvalue weighted by molar-refractivity contribution is 0.757. The molecule has 3 heterocycles. The molecule has 0 fully saturated rings. The fraction of sp³-hybridized carbons (Fsp3) is 0.250. The number of hydrogen-bond acceptors (Lipinski definition) is 5. The number of nitrogens with zero attached hydrogens (tertiary/aromatic N) is 3. The predicted octanol–water partition coefficient (Wildman–Crippen LogP) is 2.58. The number of aromatic nitrogens is 3. The quantitative estimate of drug-likeness (QED) is 0.723. The summed E-state index contributed by atoms with van der Waals surface area (Å²) in [5.41, 5.74) is 1.03. The van der Waals surface area contributed by atoms with Crippen LogP contribution < -0.4 is 5.56 Å². The van der Waals surface area contributed by atoms with E-state index in [0.717, 1.165) is 25.7 Å². The predicted molar refractivity (Wildman–Crippen MR) is 74.6 cm³/mol. The normalized spacial score (nSPS) is 11.2. The Morgan fingerprint density at radius 2 is 2.17 bits per heavy atom. The highest BCUT2D eigenvalue weighted by molar-refractivity contribution is 7.16. The van der Waals surface area contributed by atoms with Crippen molar-refractivity contribution < 1.29 is 0 Å². The van der Waals surface area contributed by atoms with Crippen molar-refractivity contribution in [2.75, 3.05) is 0 Å². The van der Waals surface area contributed by atoms with Gasteiger partial charge in [-0.15, -0.1) is 22.7 Å². The van der Waals surface area contributed by atoms with Gasteiger partial charge in [0.1, 0.15) is 4.83 Å². The Kier molecular flexibility index (Phi) is 2.76. The van der Waals surface area contributed by atoms with Crippen LogP contribution in [0.4, 0.5) is 0 Å². The highest BCUT2D eigenvalue weighted by Crippen LogP contribution is 2.20. The Balaban J connectivity index is 2.10. The van der Waals surface area contributed by atoms with Crippen molar-refractivity contribution in [3.8, 4) is 0 Å². The fourth-order valence-electron chi connectivity index (χ4n) is 1.86. The number of aryl methyl sites for hydroxylation is 2. The van der Waals surface area contributed by atoms with E-state index in [1.54, 1.807) is 22.2 Å². The molecule has 3 rings (SSSR count). The largest absolute Gasteiger partial charge is 0.293 e. The Morgan fingerprint density at radius 1 is 1.33 bits per heavy atom. The molecule has 0 atom stereocenters. The van der Waals surface area contributed by atoms with Crippen LogP contribution in [-0.2, 0) is 6.54 Å². The molecule has 0 aliphatic rings. The van der Waals surface area contributed by atoms with Gasteiger partial charge in [-0.1, -0.05) is 0 Å². The van der Waals surface area contributed by atoms with Crippen molar-refractivity contribution in [1.29, 1.82) is 0 Å². The zero-order chi connectivity index (χ0) is 12.7. The molecule has 0 aliphatic carbocycles. The number of fused-ring (bicyclic) bond motifs is 1. The summed E-state index contributed by atoms with van der Waals surface area (Å²) < 4.78 is 1.65. The van der Waals surface area contributed by atoms with Crippen LogP contribution in [0.15, 0.2) is 22.7 Å². The maximum atomic E-state index is 12.3. The Labute approximate surface area is 112 Å². The molecule has 0 radical (unpaired) electrons. The van der Waals surface area contributed by atoms with Gasteiger partial charge in [-0.25, -0.2) is 9.97 Å². The molecule has 0 unspecified atom stereocenters. The molecule has 0 aliphatic heterocycles. The second-order valence-corrected chi connectivity index (χ2v) is 6.30. The van der Waals surface area contributed by atoms with Crippen molar-refractivity contribution in [2.24, 2.45) is 0 Å². The van der Waals surface area contributed by atoms with Gasteiger partial charge in [0.05, 0.1) is 23.3 Å². The van der Waals surface area contributed by atoms with Crippen LogP contribution in [0.25, 0.3) is 10.2 Å². The van der Waals surface area contributed by atoms with Crippen molar-refractivity contribution in [2.45, 2.75) is 20.4 Å². The Morgan fingerprint density at radius 3 is 2.89 bits per heavy atom. The Bertz CT molecular complexity index is 769. The smallest absolute Gasteiger partial charge is 0.262 e. The van der Waals surface area contributed by atoms with E-state index in [4.69, 9.17) is 0 Å². The monoisotopic (exact) mass is 277 g/mol. The third-order valence-corrected chi connectivity index (χ3v) is 4.64. The second kappa shape index (κ2) is 4.29. The first kappa shape index (κ1) is 11.6. The summed E-state index contributed by atoms with van der Waals surface area (Å²) in [6.07, 6.45) is 3.44. The molecule has 4 nitrogen and oxygen atoms in total. The minimum Gasteiger partial charge on any atom is -0.293 e. The van der Waals surface area contributed by atoms with E-state index in [1.165, 1.54) is 11.3 Å². The number of thiophene rings is 1. The molecular weight excluding hydrogens is 266 g/mol. The van der Waals surface area contributed by atoms with Gasteiger partial charge < -0.3 is 0 Å². The van der Waals surface area contributed by atoms with Gasteiger partial charge in [-0.05, 0) is 24.8 Å². The van der Waals surface area contributed by atoms with Crippen LogP contribution in [0.2, 0.25) is 0 Å². The fourth-order valence-corrected chi connectivity index (χ4v) is 3.54. The molecule has 0 bridgehead atoms. The standard InChI is InChI=1S/C12H11N3OS2/c1-7-5-17-11-10(7)12(16)15(6-14-11)4-9-3-13-8(2)18-9/h3,5-6H,4H2,1-2H3. The minimum absolute atomic E-state index is 0.0322. The Hall–Kier alpha value is -1.53. The highest BCUT2D eigenvalue weighted by Gasteiger charge is 2.09. The number of thiazole rings is 1. The van der Waals surface area contributed by atoms with E-state index in [0.29, 0.717) is 6.54 Å². The minimum atomic E-state index is 0.0322. The van der Waals surface area contributed by atoms with Crippen molar-refractivity contribution >= 4 is 32.9 Å². The number of hydrogen-bond donors (Lipinski definition) is 0. The first-order valence-electron chi connectivity index (χ1n) is 5.49. The number of rotatable bonds is 2. The van der Waals surface area contributed by atoms with Gasteiger partial charge in [0.2, 0.25) is 0 Å². The third-order valence-electron chi connectivity index (χ3n) is 2.74. The summed E-state index contributed by atoms with van der Waals surface area (Å²) in [6, 6.07) is 0. The summed E-state index contributed by atoms with van der Waals surface area (Å²) in [7, 11) is 0. The van der Waals surface area contributed by atoms with Gasteiger partial charge in [0.25, 0.3) is 5.56 Å². The molecule has 0 amide bonds. The van der Waals surface area contributed by atoms with Gasteiger partial charge in [0, 0.05) is 11.1 Å². The van der Waals surface area contributed by atoms with Gasteiger partial charge >= 0.3 is 0 Å². The molecule has 3 aromatic rings. The molecule has 0 saturated carbocycles. The average Bonchev–Trinajstić information content (AvgIpc) is 2.90. The first-order chi connectivity index (χ1) is 8.65. The summed E-state index contributed by atoms with van der Waals surface area (Å²) in [5, 5.41) is 3.72. The van der Waals surface area contributed by atoms with Gasteiger partial charge in [0.15, 0.2) is 0 Å². The first-order valence-corrected chi connectivity index (χ1v) is 7.19. The van der Waals surface area contributed by atoms with Crippen LogP contribution in [-0.4, -0.2) is 14.5 Å². The van der Waals surface area contributed by atoms with Crippen LogP contribution in [0.1, 0.15) is 15.4 Å². The third kappa shape index (κ3) is 1.87. The molecule has 92 valence electrons. The second-order valence-electron chi connectivity index (χ2n) is 4.12. The van der Waals surface area contributed by atoms with E-state index < -0.39 is 0 Å². The maximum absolute atomic E-state index is 12.3. The topological polar surface area (TPSA) is 47.8 Å². The summed E-state index contributed by atoms with van der Waals surface area (Å²) in [6.45, 7) is 4.45. The van der Waals surface area contributed by atoms with Crippen LogP contribution in [0.5, 0.6) is 0 Å². The molecular formula is C12H11N3OS2. The van der Waals surface area contributed by atoms with E-state index in [9.17, 15) is 4.79 Å². The molecule has 0 N–H and O–H groups in total. The molecule has 0 aromatic carbocycles. The van der Waals surface area contributed by atoms with Crippen LogP contribution in [0.3, 0.4) is 0 Å². The van der Waals surface area contributed by atoms with E-state index in [1.807, 2.05) is 25.4 Å². The summed E-state index contributed by atoms with van der Waals surface area (Å²) in [5.74, 6) is 0. The SMILES string of the molecule is Cc1ncc(Cn2cnc3scc(C)c3c2=O)s1. The summed E-state index contributed by atoms with van der Waals surface area (Å²) >= 11 is 3.12. The van der Waals surface area contributed by atoms with E-state index >= 15 is 0 Å². The van der Waals surface area contributed by atoms with Crippen LogP contribution in [0, 0.1) is 13.8 Å². The zero-order valence-electron chi connectivity index (χ0n) is 10.0. The van der Waals surface area contributed by atoms with E-state index in [2.05, 4.69) is 9.97 Å². The lowest BCUT2D eigenvalue weighted by Crippen LogP contribution is -2.20. The molecule has 0 spiro atoms. The van der Waals surface area contributed by atoms with Crippen LogP contribution >= 0.6 is 22.7 Å². The van der Waals surface area contributed by atoms with Crippen molar-refractivity contribution in [3.63, 3.8) is 0 Å². The molecule has 0 saturated heterocycles. The lowest BCUT2D eigenvalue weighted by Gasteiger charge is -2.02. The van der Waals surface area contributed by atoms with Crippen molar-refractivity contribution in [3.05, 3.63) is 43.7 Å². The van der Waals surface area contributed by atoms with Gasteiger partial charge in [-0.2, -0.15) is 0 Å². The average molecular weight is 277 g/mol. The highest BCUT2D eigenvalue weighted by atomic mass is 32.1. The van der Waals surface area contributed by atoms with Gasteiger partial charge in [-0.3, -0.25) is 9.36 Å². The molecule has 18 heavy (non-hydrogen) atoms. The van der Waals surface area contributed by atoms with E-state index in [-0.39, 0.29) is 5.56 Å². The molecule has 3 aromatic heterocycles. The lowest BCUT2D eigenvalue weighted by atomic mass is 10.3. The zero-order valence-corrected chi connectivity index (χ0v) is 11.6.